The fourth-order valence-electron chi connectivity index (χ4n) is 4.55. The molecule has 1 aliphatic rings. The first-order chi connectivity index (χ1) is 18.5. The van der Waals surface area contributed by atoms with Crippen LogP contribution in [0.5, 0.6) is 0 Å². The number of fused-ring (bicyclic) bond motifs is 2. The van der Waals surface area contributed by atoms with Gasteiger partial charge in [0, 0.05) is 49.5 Å². The van der Waals surface area contributed by atoms with E-state index in [0.29, 0.717) is 25.8 Å². The van der Waals surface area contributed by atoms with Gasteiger partial charge in [-0.2, -0.15) is 0 Å². The number of nitrogens with zero attached hydrogens (tertiary/aromatic N) is 1. The Morgan fingerprint density at radius 3 is 2.66 bits per heavy atom. The second-order valence-electron chi connectivity index (χ2n) is 9.31. The molecule has 1 unspecified atom stereocenters. The van der Waals surface area contributed by atoms with E-state index in [0.717, 1.165) is 32.7 Å². The zero-order valence-electron chi connectivity index (χ0n) is 21.3. The number of hydrogen-bond acceptors (Lipinski definition) is 6. The highest BCUT2D eigenvalue weighted by molar-refractivity contribution is 7.99. The maximum atomic E-state index is 13.0. The second kappa shape index (κ2) is 13.4. The molecule has 1 heterocycles. The van der Waals surface area contributed by atoms with E-state index in [-0.39, 0.29) is 37.2 Å². The Bertz CT molecular complexity index is 1280. The van der Waals surface area contributed by atoms with Crippen LogP contribution in [-0.4, -0.2) is 60.4 Å². The van der Waals surface area contributed by atoms with Gasteiger partial charge in [-0.1, -0.05) is 54.6 Å². The summed E-state index contributed by atoms with van der Waals surface area (Å²) in [5.74, 6) is 0.132. The normalized spacial score (nSPS) is 14.9. The van der Waals surface area contributed by atoms with Crippen molar-refractivity contribution in [3.05, 3.63) is 72.3 Å². The van der Waals surface area contributed by atoms with E-state index in [4.69, 9.17) is 5.73 Å². The van der Waals surface area contributed by atoms with E-state index < -0.39 is 12.1 Å². The number of amides is 3. The number of anilines is 1. The number of hydrogen-bond donors (Lipinski definition) is 4. The van der Waals surface area contributed by atoms with Crippen molar-refractivity contribution in [1.82, 2.24) is 10.6 Å². The van der Waals surface area contributed by atoms with E-state index in [9.17, 15) is 19.5 Å². The number of nitrogens with one attached hydrogen (secondary N) is 2. The first kappa shape index (κ1) is 27.6. The highest BCUT2D eigenvalue weighted by Crippen LogP contribution is 2.34. The third-order valence-electron chi connectivity index (χ3n) is 6.56. The third-order valence-corrected chi connectivity index (χ3v) is 7.62. The molecule has 3 aromatic rings. The maximum absolute atomic E-state index is 13.0. The smallest absolute Gasteiger partial charge is 0.243 e. The summed E-state index contributed by atoms with van der Waals surface area (Å²) < 4.78 is 0. The third kappa shape index (κ3) is 7.12. The largest absolute Gasteiger partial charge is 0.390 e. The predicted octanol–water partition coefficient (Wildman–Crippen LogP) is 2.61. The van der Waals surface area contributed by atoms with Gasteiger partial charge in [-0.15, -0.1) is 11.8 Å². The fourth-order valence-corrected chi connectivity index (χ4v) is 5.55. The SMILES string of the molecule is NC[C@@H](O)CNC(=O)C(Cc1cccc2ccccc12)NC(=O)CCCN1C(=O)CCSc2ccccc21. The lowest BCUT2D eigenvalue weighted by atomic mass is 9.98. The molecule has 2 atom stereocenters. The lowest BCUT2D eigenvalue weighted by Crippen LogP contribution is -2.50. The Kier molecular flexibility index (Phi) is 9.75. The van der Waals surface area contributed by atoms with Gasteiger partial charge < -0.3 is 26.4 Å². The van der Waals surface area contributed by atoms with Crippen LogP contribution in [0.1, 0.15) is 24.8 Å². The lowest BCUT2D eigenvalue weighted by Gasteiger charge is -2.23. The molecule has 0 bridgehead atoms. The highest BCUT2D eigenvalue weighted by atomic mass is 32.2. The van der Waals surface area contributed by atoms with Crippen LogP contribution in [0.4, 0.5) is 5.69 Å². The van der Waals surface area contributed by atoms with Crippen molar-refractivity contribution in [2.45, 2.75) is 42.7 Å². The average Bonchev–Trinajstić information content (AvgIpc) is 3.09. The Morgan fingerprint density at radius 2 is 1.82 bits per heavy atom. The number of aliphatic hydroxyl groups excluding tert-OH is 1. The predicted molar refractivity (Wildman–Crippen MR) is 151 cm³/mol. The van der Waals surface area contributed by atoms with Gasteiger partial charge in [0.2, 0.25) is 17.7 Å². The van der Waals surface area contributed by atoms with E-state index in [1.165, 1.54) is 0 Å². The summed E-state index contributed by atoms with van der Waals surface area (Å²) in [6.45, 7) is 0.454. The topological polar surface area (TPSA) is 125 Å². The molecule has 8 nitrogen and oxygen atoms in total. The van der Waals surface area contributed by atoms with Crippen LogP contribution < -0.4 is 21.3 Å². The van der Waals surface area contributed by atoms with E-state index in [1.54, 1.807) is 16.7 Å². The Labute approximate surface area is 227 Å². The summed E-state index contributed by atoms with van der Waals surface area (Å²) >= 11 is 1.67. The molecule has 3 amide bonds. The van der Waals surface area contributed by atoms with Crippen LogP contribution in [0.3, 0.4) is 0 Å². The maximum Gasteiger partial charge on any atom is 0.243 e. The standard InChI is InChI=1S/C29H34N4O4S/c30-18-22(34)19-31-29(37)24(17-21-9-5-8-20-7-1-2-10-23(20)21)32-27(35)13-6-15-33-25-11-3-4-12-26(25)38-16-14-28(33)36/h1-5,7-12,22,24,34H,6,13-19,30H2,(H,31,37)(H,32,35)/t22-,24?/m1/s1. The molecule has 0 saturated carbocycles. The minimum Gasteiger partial charge on any atom is -0.390 e. The number of para-hydroxylation sites is 1. The van der Waals surface area contributed by atoms with Crippen LogP contribution in [0.25, 0.3) is 10.8 Å². The van der Waals surface area contributed by atoms with Crippen LogP contribution in [0, 0.1) is 0 Å². The zero-order valence-corrected chi connectivity index (χ0v) is 22.1. The quantitative estimate of drug-likeness (QED) is 0.300. The van der Waals surface area contributed by atoms with Crippen molar-refractivity contribution in [3.63, 3.8) is 0 Å². The van der Waals surface area contributed by atoms with Gasteiger partial charge in [-0.25, -0.2) is 0 Å². The minimum absolute atomic E-state index is 0.00569. The molecular weight excluding hydrogens is 500 g/mol. The Morgan fingerprint density at radius 1 is 1.05 bits per heavy atom. The molecule has 0 radical (unpaired) electrons. The molecular formula is C29H34N4O4S. The van der Waals surface area contributed by atoms with Crippen molar-refractivity contribution < 1.29 is 19.5 Å². The summed E-state index contributed by atoms with van der Waals surface area (Å²) in [5.41, 5.74) is 7.29. The molecule has 0 saturated heterocycles. The highest BCUT2D eigenvalue weighted by Gasteiger charge is 2.24. The van der Waals surface area contributed by atoms with Gasteiger partial charge in [0.1, 0.15) is 6.04 Å². The number of aliphatic hydroxyl groups is 1. The van der Waals surface area contributed by atoms with Crippen LogP contribution in [-0.2, 0) is 20.8 Å². The lowest BCUT2D eigenvalue weighted by molar-refractivity contribution is -0.129. The van der Waals surface area contributed by atoms with Gasteiger partial charge in [-0.05, 0) is 34.9 Å². The van der Waals surface area contributed by atoms with Gasteiger partial charge in [0.25, 0.3) is 0 Å². The summed E-state index contributed by atoms with van der Waals surface area (Å²) in [5, 5.41) is 17.4. The molecule has 0 aliphatic carbocycles. The van der Waals surface area contributed by atoms with Crippen LogP contribution >= 0.6 is 11.8 Å². The number of thioether (sulfide) groups is 1. The number of nitrogens with two attached hydrogens (primary N) is 1. The summed E-state index contributed by atoms with van der Waals surface area (Å²) in [6.07, 6.45) is 0.523. The number of carbonyl (C=O) groups excluding carboxylic acids is 3. The summed E-state index contributed by atoms with van der Waals surface area (Å²) in [7, 11) is 0. The minimum atomic E-state index is -0.861. The van der Waals surface area contributed by atoms with Gasteiger partial charge >= 0.3 is 0 Å². The monoisotopic (exact) mass is 534 g/mol. The summed E-state index contributed by atoms with van der Waals surface area (Å²) in [6, 6.07) is 20.8. The first-order valence-corrected chi connectivity index (χ1v) is 13.9. The van der Waals surface area contributed by atoms with Crippen molar-refractivity contribution in [2.75, 3.05) is 30.3 Å². The second-order valence-corrected chi connectivity index (χ2v) is 10.4. The van der Waals surface area contributed by atoms with Crippen molar-refractivity contribution >= 4 is 45.9 Å². The first-order valence-electron chi connectivity index (χ1n) is 12.9. The van der Waals surface area contributed by atoms with Crippen molar-refractivity contribution in [3.8, 4) is 0 Å². The molecule has 1 aliphatic heterocycles. The molecule has 0 aromatic heterocycles. The zero-order chi connectivity index (χ0) is 26.9. The average molecular weight is 535 g/mol. The molecule has 38 heavy (non-hydrogen) atoms. The van der Waals surface area contributed by atoms with E-state index in [1.807, 2.05) is 66.7 Å². The molecule has 4 rings (SSSR count). The van der Waals surface area contributed by atoms with Gasteiger partial charge in [0.15, 0.2) is 0 Å². The Balaban J connectivity index is 1.42. The van der Waals surface area contributed by atoms with Crippen molar-refractivity contribution in [2.24, 2.45) is 5.73 Å². The molecule has 0 spiro atoms. The summed E-state index contributed by atoms with van der Waals surface area (Å²) in [4.78, 5) is 41.6. The van der Waals surface area contributed by atoms with E-state index >= 15 is 0 Å². The molecule has 3 aromatic carbocycles. The van der Waals surface area contributed by atoms with Crippen molar-refractivity contribution in [1.29, 1.82) is 0 Å². The van der Waals surface area contributed by atoms with Crippen LogP contribution in [0.15, 0.2) is 71.6 Å². The van der Waals surface area contributed by atoms with Gasteiger partial charge in [-0.3, -0.25) is 14.4 Å². The van der Waals surface area contributed by atoms with E-state index in [2.05, 4.69) is 10.6 Å². The molecule has 200 valence electrons. The molecule has 5 N–H and O–H groups in total. The Hall–Kier alpha value is -3.40. The van der Waals surface area contributed by atoms with Crippen LogP contribution in [0.2, 0.25) is 0 Å². The number of carbonyl (C=O) groups is 3. The molecule has 0 fully saturated rings. The molecule has 9 heteroatoms. The number of rotatable bonds is 11. The number of benzene rings is 3. The van der Waals surface area contributed by atoms with Gasteiger partial charge in [0.05, 0.1) is 11.8 Å². The fraction of sp³-hybridized carbons (Fsp3) is 0.345.